The van der Waals surface area contributed by atoms with Crippen molar-refractivity contribution >= 4 is 17.3 Å². The third-order valence-corrected chi connectivity index (χ3v) is 3.13. The van der Waals surface area contributed by atoms with E-state index in [2.05, 4.69) is 5.32 Å². The zero-order chi connectivity index (χ0) is 13.7. The Balaban J connectivity index is 1.77. The fraction of sp³-hybridized carbons (Fsp3) is 0.500. The van der Waals surface area contributed by atoms with Crippen LogP contribution >= 0.6 is 0 Å². The number of nitrogens with two attached hydrogens (primary N) is 1. The fourth-order valence-electron chi connectivity index (χ4n) is 2.10. The molecule has 1 saturated heterocycles. The van der Waals surface area contributed by atoms with Crippen LogP contribution in [-0.2, 0) is 14.3 Å². The first-order valence-electron chi connectivity index (χ1n) is 6.51. The normalized spacial score (nSPS) is 18.5. The first-order chi connectivity index (χ1) is 9.16. The van der Waals surface area contributed by atoms with E-state index < -0.39 is 0 Å². The fourth-order valence-corrected chi connectivity index (χ4v) is 2.10. The van der Waals surface area contributed by atoms with Crippen LogP contribution in [0.1, 0.15) is 18.4 Å². The minimum absolute atomic E-state index is 0.0215. The number of aryl methyl sites for hydroxylation is 1. The average Bonchev–Trinajstić information content (AvgIpc) is 2.87. The van der Waals surface area contributed by atoms with Gasteiger partial charge in [-0.1, -0.05) is 12.1 Å². The zero-order valence-corrected chi connectivity index (χ0v) is 11.1. The van der Waals surface area contributed by atoms with Crippen LogP contribution < -0.4 is 11.1 Å². The van der Waals surface area contributed by atoms with Crippen LogP contribution in [0.2, 0.25) is 0 Å². The number of nitrogen functional groups attached to an aromatic ring is 1. The smallest absolute Gasteiger partial charge is 0.250 e. The van der Waals surface area contributed by atoms with Gasteiger partial charge in [0.2, 0.25) is 5.91 Å². The molecule has 1 aromatic rings. The van der Waals surface area contributed by atoms with E-state index in [1.165, 1.54) is 0 Å². The summed E-state index contributed by atoms with van der Waals surface area (Å²) < 4.78 is 10.8. The summed E-state index contributed by atoms with van der Waals surface area (Å²) in [5.41, 5.74) is 7.98. The number of carbonyl (C=O) groups is 1. The first-order valence-corrected chi connectivity index (χ1v) is 6.51. The Labute approximate surface area is 113 Å². The highest BCUT2D eigenvalue weighted by Crippen LogP contribution is 2.22. The minimum atomic E-state index is -0.195. The van der Waals surface area contributed by atoms with Crippen molar-refractivity contribution in [1.29, 1.82) is 0 Å². The number of anilines is 2. The van der Waals surface area contributed by atoms with E-state index in [9.17, 15) is 4.79 Å². The van der Waals surface area contributed by atoms with Crippen molar-refractivity contribution in [2.24, 2.45) is 0 Å². The molecule has 1 amide bonds. The molecule has 0 saturated carbocycles. The summed E-state index contributed by atoms with van der Waals surface area (Å²) in [7, 11) is 0. The van der Waals surface area contributed by atoms with E-state index in [0.717, 1.165) is 25.0 Å². The molecule has 1 heterocycles. The number of rotatable bonds is 5. The number of para-hydroxylation sites is 1. The van der Waals surface area contributed by atoms with Crippen molar-refractivity contribution in [3.05, 3.63) is 23.8 Å². The molecule has 19 heavy (non-hydrogen) atoms. The molecule has 1 aliphatic rings. The van der Waals surface area contributed by atoms with E-state index >= 15 is 0 Å². The topological polar surface area (TPSA) is 73.6 Å². The maximum absolute atomic E-state index is 11.8. The monoisotopic (exact) mass is 264 g/mol. The van der Waals surface area contributed by atoms with E-state index in [1.807, 2.05) is 19.1 Å². The van der Waals surface area contributed by atoms with Gasteiger partial charge in [0.15, 0.2) is 0 Å². The van der Waals surface area contributed by atoms with E-state index in [-0.39, 0.29) is 18.6 Å². The molecule has 5 nitrogen and oxygen atoms in total. The maximum Gasteiger partial charge on any atom is 0.250 e. The predicted octanol–water partition coefficient (Wildman–Crippen LogP) is 1.71. The van der Waals surface area contributed by atoms with Gasteiger partial charge in [-0.15, -0.1) is 0 Å². The molecule has 5 heteroatoms. The Morgan fingerprint density at radius 2 is 2.42 bits per heavy atom. The van der Waals surface area contributed by atoms with Crippen LogP contribution in [-0.4, -0.2) is 31.8 Å². The predicted molar refractivity (Wildman–Crippen MR) is 74.0 cm³/mol. The van der Waals surface area contributed by atoms with E-state index in [4.69, 9.17) is 15.2 Å². The van der Waals surface area contributed by atoms with Gasteiger partial charge in [0, 0.05) is 6.61 Å². The molecule has 0 aromatic heterocycles. The molecule has 2 rings (SSSR count). The summed E-state index contributed by atoms with van der Waals surface area (Å²) in [4.78, 5) is 11.8. The van der Waals surface area contributed by atoms with E-state index in [1.54, 1.807) is 6.07 Å². The molecule has 1 aliphatic heterocycles. The highest BCUT2D eigenvalue weighted by molar-refractivity contribution is 5.95. The van der Waals surface area contributed by atoms with Gasteiger partial charge in [0.05, 0.1) is 24.1 Å². The van der Waals surface area contributed by atoms with Crippen LogP contribution in [0.15, 0.2) is 18.2 Å². The van der Waals surface area contributed by atoms with Gasteiger partial charge < -0.3 is 20.5 Å². The van der Waals surface area contributed by atoms with Gasteiger partial charge in [0.25, 0.3) is 0 Å². The SMILES string of the molecule is Cc1cccc(N)c1NC(=O)COCC1CCCO1. The lowest BCUT2D eigenvalue weighted by atomic mass is 10.1. The molecular weight excluding hydrogens is 244 g/mol. The number of carbonyl (C=O) groups excluding carboxylic acids is 1. The Hall–Kier alpha value is -1.59. The second-order valence-electron chi connectivity index (χ2n) is 4.74. The lowest BCUT2D eigenvalue weighted by Gasteiger charge is -2.12. The summed E-state index contributed by atoms with van der Waals surface area (Å²) in [6, 6.07) is 5.52. The number of hydrogen-bond acceptors (Lipinski definition) is 4. The second-order valence-corrected chi connectivity index (χ2v) is 4.74. The maximum atomic E-state index is 11.8. The Bertz CT molecular complexity index is 422. The van der Waals surface area contributed by atoms with E-state index in [0.29, 0.717) is 18.0 Å². The summed E-state index contributed by atoms with van der Waals surface area (Å²) >= 11 is 0. The first kappa shape index (κ1) is 13.8. The van der Waals surface area contributed by atoms with Crippen molar-refractivity contribution < 1.29 is 14.3 Å². The van der Waals surface area contributed by atoms with Gasteiger partial charge >= 0.3 is 0 Å². The van der Waals surface area contributed by atoms with Crippen LogP contribution in [0, 0.1) is 6.92 Å². The van der Waals surface area contributed by atoms with Crippen molar-refractivity contribution in [2.45, 2.75) is 25.9 Å². The lowest BCUT2D eigenvalue weighted by Crippen LogP contribution is -2.23. The molecule has 0 spiro atoms. The van der Waals surface area contributed by atoms with Gasteiger partial charge in [-0.05, 0) is 31.4 Å². The Kier molecular flexibility index (Phi) is 4.76. The van der Waals surface area contributed by atoms with Crippen molar-refractivity contribution in [1.82, 2.24) is 0 Å². The molecule has 1 aromatic carbocycles. The third kappa shape index (κ3) is 3.94. The van der Waals surface area contributed by atoms with Gasteiger partial charge in [-0.3, -0.25) is 4.79 Å². The largest absolute Gasteiger partial charge is 0.397 e. The van der Waals surface area contributed by atoms with Crippen LogP contribution in [0.3, 0.4) is 0 Å². The molecule has 0 aliphatic carbocycles. The molecular formula is C14H20N2O3. The second kappa shape index (κ2) is 6.54. The molecule has 3 N–H and O–H groups in total. The number of amides is 1. The molecule has 104 valence electrons. The van der Waals surface area contributed by atoms with Crippen molar-refractivity contribution in [2.75, 3.05) is 30.9 Å². The van der Waals surface area contributed by atoms with Gasteiger partial charge in [-0.25, -0.2) is 0 Å². The number of benzene rings is 1. The summed E-state index contributed by atoms with van der Waals surface area (Å²) in [5.74, 6) is -0.195. The summed E-state index contributed by atoms with van der Waals surface area (Å²) in [6.07, 6.45) is 2.21. The van der Waals surface area contributed by atoms with Crippen LogP contribution in [0.25, 0.3) is 0 Å². The standard InChI is InChI=1S/C14H20N2O3/c1-10-4-2-6-12(15)14(10)16-13(17)9-18-8-11-5-3-7-19-11/h2,4,6,11H,3,5,7-9,15H2,1H3,(H,16,17). The van der Waals surface area contributed by atoms with Crippen molar-refractivity contribution in [3.63, 3.8) is 0 Å². The minimum Gasteiger partial charge on any atom is -0.397 e. The number of hydrogen-bond donors (Lipinski definition) is 2. The molecule has 0 radical (unpaired) electrons. The van der Waals surface area contributed by atoms with Crippen molar-refractivity contribution in [3.8, 4) is 0 Å². The highest BCUT2D eigenvalue weighted by Gasteiger charge is 2.16. The Morgan fingerprint density at radius 1 is 1.58 bits per heavy atom. The quantitative estimate of drug-likeness (QED) is 0.794. The van der Waals surface area contributed by atoms with Crippen LogP contribution in [0.4, 0.5) is 11.4 Å². The van der Waals surface area contributed by atoms with Gasteiger partial charge in [0.1, 0.15) is 6.61 Å². The third-order valence-electron chi connectivity index (χ3n) is 3.13. The number of ether oxygens (including phenoxy) is 2. The molecule has 1 atom stereocenters. The van der Waals surface area contributed by atoms with Gasteiger partial charge in [-0.2, -0.15) is 0 Å². The average molecular weight is 264 g/mol. The lowest BCUT2D eigenvalue weighted by molar-refractivity contribution is -0.121. The highest BCUT2D eigenvalue weighted by atomic mass is 16.5. The molecule has 0 bridgehead atoms. The Morgan fingerprint density at radius 3 is 3.11 bits per heavy atom. The summed E-state index contributed by atoms with van der Waals surface area (Å²) in [6.45, 7) is 3.18. The van der Waals surface area contributed by atoms with Crippen LogP contribution in [0.5, 0.6) is 0 Å². The molecule has 1 fully saturated rings. The number of nitrogens with one attached hydrogen (secondary N) is 1. The zero-order valence-electron chi connectivity index (χ0n) is 11.1. The summed E-state index contributed by atoms with van der Waals surface area (Å²) in [5, 5.41) is 2.77. The molecule has 1 unspecified atom stereocenters.